The number of terminal acetylenes is 1. The van der Waals surface area contributed by atoms with E-state index in [-0.39, 0.29) is 12.5 Å². The molecule has 0 aromatic heterocycles. The molecule has 0 bridgehead atoms. The van der Waals surface area contributed by atoms with Gasteiger partial charge in [-0.25, -0.2) is 4.79 Å². The Bertz CT molecular complexity index is 1390. The fraction of sp³-hybridized carbons (Fsp3) is 0.382. The SMILES string of the molecule is C#Cc1ccccc1C(C(=O)Nc1ccc2ccccc2c1)N(CCCCCCC)C(=O)CNC(=O)OC(C)(C)C. The number of fused-ring (bicyclic) bond motifs is 1. The maximum absolute atomic E-state index is 14.0. The number of benzene rings is 3. The number of nitrogens with one attached hydrogen (secondary N) is 2. The summed E-state index contributed by atoms with van der Waals surface area (Å²) in [4.78, 5) is 41.6. The normalized spacial score (nSPS) is 11.8. The van der Waals surface area contributed by atoms with Crippen LogP contribution in [0, 0.1) is 12.3 Å². The van der Waals surface area contributed by atoms with Crippen LogP contribution in [0.2, 0.25) is 0 Å². The number of anilines is 1. The van der Waals surface area contributed by atoms with Crippen LogP contribution in [0.4, 0.5) is 10.5 Å². The van der Waals surface area contributed by atoms with Gasteiger partial charge in [-0.1, -0.05) is 87.1 Å². The molecule has 0 radical (unpaired) electrons. The van der Waals surface area contributed by atoms with E-state index < -0.39 is 23.6 Å². The Kier molecular flexibility index (Phi) is 11.3. The lowest BCUT2D eigenvalue weighted by atomic mass is 9.97. The van der Waals surface area contributed by atoms with Crippen molar-refractivity contribution in [3.8, 4) is 12.3 Å². The fourth-order valence-corrected chi connectivity index (χ4v) is 4.64. The Morgan fingerprint density at radius 3 is 2.32 bits per heavy atom. The molecule has 41 heavy (non-hydrogen) atoms. The Morgan fingerprint density at radius 2 is 1.61 bits per heavy atom. The predicted molar refractivity (Wildman–Crippen MR) is 164 cm³/mol. The third-order valence-electron chi connectivity index (χ3n) is 6.59. The minimum Gasteiger partial charge on any atom is -0.444 e. The largest absolute Gasteiger partial charge is 0.444 e. The zero-order valence-electron chi connectivity index (χ0n) is 24.5. The van der Waals surface area contributed by atoms with Crippen molar-refractivity contribution >= 4 is 34.4 Å². The summed E-state index contributed by atoms with van der Waals surface area (Å²) < 4.78 is 5.31. The van der Waals surface area contributed by atoms with Crippen LogP contribution in [0.1, 0.15) is 77.0 Å². The number of nitrogens with zero attached hydrogens (tertiary/aromatic N) is 1. The van der Waals surface area contributed by atoms with Gasteiger partial charge in [-0.2, -0.15) is 0 Å². The van der Waals surface area contributed by atoms with Crippen molar-refractivity contribution in [3.63, 3.8) is 0 Å². The monoisotopic (exact) mass is 555 g/mol. The van der Waals surface area contributed by atoms with E-state index in [4.69, 9.17) is 11.2 Å². The molecule has 3 amide bonds. The molecule has 1 unspecified atom stereocenters. The van der Waals surface area contributed by atoms with Crippen LogP contribution < -0.4 is 10.6 Å². The van der Waals surface area contributed by atoms with Gasteiger partial charge < -0.3 is 20.3 Å². The van der Waals surface area contributed by atoms with Gasteiger partial charge in [-0.15, -0.1) is 6.42 Å². The van der Waals surface area contributed by atoms with Gasteiger partial charge in [0.15, 0.2) is 0 Å². The molecule has 0 saturated carbocycles. The van der Waals surface area contributed by atoms with Gasteiger partial charge in [0.05, 0.1) is 0 Å². The van der Waals surface area contributed by atoms with Crippen LogP contribution >= 0.6 is 0 Å². The molecular weight excluding hydrogens is 514 g/mol. The molecule has 216 valence electrons. The number of hydrogen-bond donors (Lipinski definition) is 2. The summed E-state index contributed by atoms with van der Waals surface area (Å²) in [5.74, 6) is 1.87. The lowest BCUT2D eigenvalue weighted by Gasteiger charge is -2.32. The first-order valence-corrected chi connectivity index (χ1v) is 14.2. The summed E-state index contributed by atoms with van der Waals surface area (Å²) in [6.45, 7) is 7.40. The van der Waals surface area contributed by atoms with Crippen LogP contribution in [0.5, 0.6) is 0 Å². The zero-order valence-corrected chi connectivity index (χ0v) is 24.5. The van der Waals surface area contributed by atoms with Gasteiger partial charge in [-0.05, 0) is 61.7 Å². The van der Waals surface area contributed by atoms with E-state index in [0.29, 0.717) is 29.8 Å². The molecule has 1 atom stereocenters. The van der Waals surface area contributed by atoms with E-state index in [1.54, 1.807) is 45.0 Å². The third-order valence-corrected chi connectivity index (χ3v) is 6.59. The highest BCUT2D eigenvalue weighted by Crippen LogP contribution is 2.28. The van der Waals surface area contributed by atoms with Gasteiger partial charge in [0, 0.05) is 17.8 Å². The average Bonchev–Trinajstić information content (AvgIpc) is 2.94. The number of alkyl carbamates (subject to hydrolysis) is 1. The number of rotatable bonds is 12. The summed E-state index contributed by atoms with van der Waals surface area (Å²) in [7, 11) is 0. The quantitative estimate of drug-likeness (QED) is 0.190. The maximum Gasteiger partial charge on any atom is 0.408 e. The molecule has 3 rings (SSSR count). The summed E-state index contributed by atoms with van der Waals surface area (Å²) >= 11 is 0. The fourth-order valence-electron chi connectivity index (χ4n) is 4.64. The van der Waals surface area contributed by atoms with Gasteiger partial charge in [0.25, 0.3) is 5.91 Å². The molecular formula is C34H41N3O4. The first kappa shape index (κ1) is 31.2. The standard InChI is InChI=1S/C34H41N3O4/c1-6-8-9-10-15-22-37(30(38)24-35-33(40)41-34(3,4)5)31(29-19-14-13-16-25(29)7-2)32(39)36-28-21-20-26-17-11-12-18-27(26)23-28/h2,11-14,16-21,23,31H,6,8-10,15,22,24H2,1,3-5H3,(H,35,40)(H,36,39). The van der Waals surface area contributed by atoms with E-state index in [1.165, 1.54) is 4.90 Å². The van der Waals surface area contributed by atoms with Crippen molar-refractivity contribution in [3.05, 3.63) is 77.9 Å². The molecule has 7 nitrogen and oxygen atoms in total. The molecule has 0 aliphatic rings. The first-order chi connectivity index (χ1) is 19.6. The average molecular weight is 556 g/mol. The lowest BCUT2D eigenvalue weighted by molar-refractivity contribution is -0.138. The summed E-state index contributed by atoms with van der Waals surface area (Å²) in [6.07, 6.45) is 9.97. The van der Waals surface area contributed by atoms with Crippen molar-refractivity contribution in [1.29, 1.82) is 0 Å². The molecule has 0 aliphatic heterocycles. The second-order valence-electron chi connectivity index (χ2n) is 11.0. The predicted octanol–water partition coefficient (Wildman–Crippen LogP) is 6.82. The number of unbranched alkanes of at least 4 members (excludes halogenated alkanes) is 4. The number of hydrogen-bond acceptors (Lipinski definition) is 4. The second kappa shape index (κ2) is 14.9. The summed E-state index contributed by atoms with van der Waals surface area (Å²) in [5, 5.41) is 7.60. The molecule has 3 aromatic carbocycles. The van der Waals surface area contributed by atoms with E-state index in [2.05, 4.69) is 23.5 Å². The molecule has 2 N–H and O–H groups in total. The maximum atomic E-state index is 14.0. The Hall–Kier alpha value is -4.31. The molecule has 0 saturated heterocycles. The minimum absolute atomic E-state index is 0.318. The number of amides is 3. The molecule has 3 aromatic rings. The first-order valence-electron chi connectivity index (χ1n) is 14.2. The van der Waals surface area contributed by atoms with Crippen molar-refractivity contribution in [2.45, 2.75) is 71.4 Å². The molecule has 7 heteroatoms. The Balaban J connectivity index is 1.95. The van der Waals surface area contributed by atoms with Crippen LogP contribution in [-0.4, -0.2) is 41.5 Å². The molecule has 0 fully saturated rings. The van der Waals surface area contributed by atoms with Crippen LogP contribution in [0.3, 0.4) is 0 Å². The second-order valence-corrected chi connectivity index (χ2v) is 11.0. The van der Waals surface area contributed by atoms with Crippen molar-refractivity contribution < 1.29 is 19.1 Å². The highest BCUT2D eigenvalue weighted by atomic mass is 16.6. The lowest BCUT2D eigenvalue weighted by Crippen LogP contribution is -2.47. The Labute approximate surface area is 243 Å². The zero-order chi connectivity index (χ0) is 29.8. The highest BCUT2D eigenvalue weighted by molar-refractivity contribution is 6.00. The number of carbonyl (C=O) groups is 3. The molecule has 0 heterocycles. The van der Waals surface area contributed by atoms with E-state index >= 15 is 0 Å². The van der Waals surface area contributed by atoms with Crippen molar-refractivity contribution in [1.82, 2.24) is 10.2 Å². The van der Waals surface area contributed by atoms with Gasteiger partial charge in [-0.3, -0.25) is 9.59 Å². The van der Waals surface area contributed by atoms with E-state index in [0.717, 1.165) is 36.5 Å². The van der Waals surface area contributed by atoms with E-state index in [1.807, 2.05) is 42.5 Å². The topological polar surface area (TPSA) is 87.7 Å². The Morgan fingerprint density at radius 1 is 0.927 bits per heavy atom. The van der Waals surface area contributed by atoms with Gasteiger partial charge in [0.1, 0.15) is 18.2 Å². The number of carbonyl (C=O) groups excluding carboxylic acids is 3. The van der Waals surface area contributed by atoms with Crippen LogP contribution in [0.25, 0.3) is 10.8 Å². The highest BCUT2D eigenvalue weighted by Gasteiger charge is 2.33. The number of ether oxygens (including phenoxy) is 1. The van der Waals surface area contributed by atoms with Crippen LogP contribution in [-0.2, 0) is 14.3 Å². The third kappa shape index (κ3) is 9.39. The van der Waals surface area contributed by atoms with Gasteiger partial charge >= 0.3 is 6.09 Å². The van der Waals surface area contributed by atoms with Crippen molar-refractivity contribution in [2.75, 3.05) is 18.4 Å². The van der Waals surface area contributed by atoms with Crippen molar-refractivity contribution in [2.24, 2.45) is 0 Å². The van der Waals surface area contributed by atoms with Gasteiger partial charge in [0.2, 0.25) is 5.91 Å². The summed E-state index contributed by atoms with van der Waals surface area (Å²) in [5.41, 5.74) is 0.974. The minimum atomic E-state index is -1.01. The molecule has 0 spiro atoms. The summed E-state index contributed by atoms with van der Waals surface area (Å²) in [6, 6.07) is 19.7. The smallest absolute Gasteiger partial charge is 0.408 e. The molecule has 0 aliphatic carbocycles. The van der Waals surface area contributed by atoms with Crippen LogP contribution in [0.15, 0.2) is 66.7 Å². The van der Waals surface area contributed by atoms with E-state index in [9.17, 15) is 14.4 Å².